The summed E-state index contributed by atoms with van der Waals surface area (Å²) < 4.78 is 5.07. The lowest BCUT2D eigenvalue weighted by Gasteiger charge is -2.13. The van der Waals surface area contributed by atoms with Crippen LogP contribution in [0.5, 0.6) is 0 Å². The molecule has 0 aromatic rings. The molecule has 0 N–H and O–H groups in total. The van der Waals surface area contributed by atoms with Crippen molar-refractivity contribution < 1.29 is 9.53 Å². The number of hydrogen-bond acceptors (Lipinski definition) is 2. The van der Waals surface area contributed by atoms with E-state index in [1.54, 1.807) is 0 Å². The first-order valence-corrected chi connectivity index (χ1v) is 4.97. The van der Waals surface area contributed by atoms with E-state index in [0.29, 0.717) is 0 Å². The molecule has 0 aromatic carbocycles. The van der Waals surface area contributed by atoms with Gasteiger partial charge in [-0.05, 0) is 12.8 Å². The van der Waals surface area contributed by atoms with E-state index in [-0.39, 0.29) is 11.4 Å². The number of esters is 1. The summed E-state index contributed by atoms with van der Waals surface area (Å²) in [4.78, 5) is 10.7. The summed E-state index contributed by atoms with van der Waals surface area (Å²) in [7, 11) is 0. The van der Waals surface area contributed by atoms with Gasteiger partial charge in [-0.3, -0.25) is 0 Å². The molecule has 2 nitrogen and oxygen atoms in total. The lowest BCUT2D eigenvalue weighted by Crippen LogP contribution is -2.23. The maximum atomic E-state index is 10.7. The molecule has 0 radical (unpaired) electrons. The Morgan fingerprint density at radius 2 is 2.45 bits per heavy atom. The van der Waals surface area contributed by atoms with Crippen LogP contribution in [-0.4, -0.2) is 17.2 Å². The number of ether oxygens (including phenoxy) is 1. The van der Waals surface area contributed by atoms with Crippen LogP contribution in [0.15, 0.2) is 12.7 Å². The van der Waals surface area contributed by atoms with Crippen LogP contribution in [0.2, 0.25) is 0 Å². The summed E-state index contributed by atoms with van der Waals surface area (Å²) in [5.74, 6) is 0.874. The van der Waals surface area contributed by atoms with Crippen molar-refractivity contribution in [3.05, 3.63) is 12.7 Å². The fourth-order valence-corrected chi connectivity index (χ4v) is 2.27. The van der Waals surface area contributed by atoms with Crippen molar-refractivity contribution in [2.24, 2.45) is 0 Å². The number of hydrogen-bond donors (Lipinski definition) is 0. The average Bonchev–Trinajstić information content (AvgIpc) is 2.06. The van der Waals surface area contributed by atoms with Gasteiger partial charge in [-0.1, -0.05) is 6.58 Å². The van der Waals surface area contributed by atoms with Gasteiger partial charge in [0.1, 0.15) is 5.75 Å². The Bertz CT molecular complexity index is 150. The van der Waals surface area contributed by atoms with Crippen LogP contribution in [-0.2, 0) is 21.3 Å². The van der Waals surface area contributed by atoms with Crippen LogP contribution in [0.1, 0.15) is 19.3 Å². The highest BCUT2D eigenvalue weighted by molar-refractivity contribution is 7.79. The van der Waals surface area contributed by atoms with Crippen molar-refractivity contribution in [1.82, 2.24) is 0 Å². The Morgan fingerprint density at radius 1 is 1.64 bits per heavy atom. The minimum absolute atomic E-state index is 0.134. The van der Waals surface area contributed by atoms with E-state index in [0.717, 1.165) is 12.2 Å². The Balaban J connectivity index is 2.24. The molecule has 3 heteroatoms. The van der Waals surface area contributed by atoms with Crippen LogP contribution in [0, 0.1) is 0 Å². The van der Waals surface area contributed by atoms with Crippen molar-refractivity contribution in [3.63, 3.8) is 0 Å². The van der Waals surface area contributed by atoms with Crippen molar-refractivity contribution in [2.45, 2.75) is 24.7 Å². The first-order valence-electron chi connectivity index (χ1n) is 3.82. The number of carbonyl (C=O) groups is 1. The van der Waals surface area contributed by atoms with Crippen LogP contribution < -0.4 is 0 Å². The van der Waals surface area contributed by atoms with Gasteiger partial charge in [-0.2, -0.15) is 0 Å². The largest absolute Gasteiger partial charge is 0.413 e. The summed E-state index contributed by atoms with van der Waals surface area (Å²) in [6, 6.07) is 0. The third kappa shape index (κ3) is 2.97. The minimum atomic E-state index is -0.288. The lowest BCUT2D eigenvalue weighted by molar-refractivity contribution is -0.139. The van der Waals surface area contributed by atoms with Gasteiger partial charge in [0.2, 0.25) is 0 Å². The Kier molecular flexibility index (Phi) is 3.49. The molecule has 62 valence electrons. The second-order valence-corrected chi connectivity index (χ2v) is 3.89. The molecule has 1 aliphatic heterocycles. The molecule has 1 fully saturated rings. The van der Waals surface area contributed by atoms with E-state index in [1.165, 1.54) is 30.7 Å². The second-order valence-electron chi connectivity index (χ2n) is 2.50. The van der Waals surface area contributed by atoms with E-state index in [9.17, 15) is 4.79 Å². The van der Waals surface area contributed by atoms with Crippen LogP contribution in [0.3, 0.4) is 0 Å². The van der Waals surface area contributed by atoms with Crippen LogP contribution >= 0.6 is 0 Å². The van der Waals surface area contributed by atoms with E-state index in [4.69, 9.17) is 4.74 Å². The molecule has 1 unspecified atom stereocenters. The summed E-state index contributed by atoms with van der Waals surface area (Å²) >= 11 is 1.26. The van der Waals surface area contributed by atoms with Gasteiger partial charge in [-0.25, -0.2) is 4.79 Å². The average molecular weight is 173 g/mol. The zero-order chi connectivity index (χ0) is 8.10. The molecule has 1 atom stereocenters. The molecule has 1 heterocycles. The zero-order valence-electron chi connectivity index (χ0n) is 6.45. The first-order chi connectivity index (χ1) is 5.33. The molecule has 0 amide bonds. The van der Waals surface area contributed by atoms with Gasteiger partial charge in [0.15, 0.2) is 0 Å². The molecule has 0 spiro atoms. The van der Waals surface area contributed by atoms with Gasteiger partial charge < -0.3 is 4.74 Å². The Hall–Kier alpha value is -0.440. The smallest absolute Gasteiger partial charge is 0.334 e. The lowest BCUT2D eigenvalue weighted by atomic mass is 10.2. The van der Waals surface area contributed by atoms with Gasteiger partial charge in [0, 0.05) is 24.3 Å². The molecule has 1 aliphatic rings. The first kappa shape index (κ1) is 8.65. The summed E-state index contributed by atoms with van der Waals surface area (Å²) in [5.41, 5.74) is 0.134. The molecule has 11 heavy (non-hydrogen) atoms. The minimum Gasteiger partial charge on any atom is -0.413 e. The quantitative estimate of drug-likeness (QED) is 0.270. The summed E-state index contributed by atoms with van der Waals surface area (Å²) in [5, 5.41) is 0. The fourth-order valence-electron chi connectivity index (χ4n) is 1.04. The highest BCUT2D eigenvalue weighted by Crippen LogP contribution is 2.14. The molecular weight excluding hydrogens is 160 g/mol. The van der Waals surface area contributed by atoms with Crippen molar-refractivity contribution in [2.75, 3.05) is 5.75 Å². The van der Waals surface area contributed by atoms with Gasteiger partial charge >= 0.3 is 5.97 Å². The van der Waals surface area contributed by atoms with Crippen molar-refractivity contribution in [3.8, 4) is 0 Å². The monoisotopic (exact) mass is 173 g/mol. The molecule has 0 aliphatic carbocycles. The maximum Gasteiger partial charge on any atom is 0.334 e. The zero-order valence-corrected chi connectivity index (χ0v) is 7.35. The number of rotatable bonds is 2. The highest BCUT2D eigenvalue weighted by atomic mass is 32.2. The van der Waals surface area contributed by atoms with E-state index in [1.807, 2.05) is 0 Å². The Labute approximate surface area is 71.0 Å². The number of carbonyl (C=O) groups excluding carboxylic acids is 1. The maximum absolute atomic E-state index is 10.7. The predicted octanol–water partition coefficient (Wildman–Crippen LogP) is 1.04. The Morgan fingerprint density at radius 3 is 3.00 bits per heavy atom. The second kappa shape index (κ2) is 4.44. The SMILES string of the molecule is C=CC(=O)OC1CCCC[SH+]1. The molecule has 0 saturated carbocycles. The highest BCUT2D eigenvalue weighted by Gasteiger charge is 2.23. The number of thiol groups is 1. The van der Waals surface area contributed by atoms with Crippen molar-refractivity contribution in [1.29, 1.82) is 0 Å². The third-order valence-corrected chi connectivity index (χ3v) is 2.96. The van der Waals surface area contributed by atoms with Crippen molar-refractivity contribution >= 4 is 17.7 Å². The third-order valence-electron chi connectivity index (χ3n) is 1.61. The molecule has 0 aromatic heterocycles. The van der Waals surface area contributed by atoms with E-state index < -0.39 is 0 Å². The summed E-state index contributed by atoms with van der Waals surface area (Å²) in [6.07, 6.45) is 4.69. The molecule has 1 rings (SSSR count). The van der Waals surface area contributed by atoms with Gasteiger partial charge in [0.25, 0.3) is 5.44 Å². The summed E-state index contributed by atoms with van der Waals surface area (Å²) in [6.45, 7) is 3.35. The normalized spacial score (nSPS) is 24.2. The fraction of sp³-hybridized carbons (Fsp3) is 0.625. The van der Waals surface area contributed by atoms with E-state index in [2.05, 4.69) is 6.58 Å². The predicted molar refractivity (Wildman–Crippen MR) is 47.6 cm³/mol. The van der Waals surface area contributed by atoms with Crippen LogP contribution in [0.4, 0.5) is 0 Å². The molecule has 0 bridgehead atoms. The van der Waals surface area contributed by atoms with Gasteiger partial charge in [-0.15, -0.1) is 0 Å². The van der Waals surface area contributed by atoms with Gasteiger partial charge in [0.05, 0.1) is 0 Å². The standard InChI is InChI=1S/C8H12O2S/c1-2-7(9)10-8-5-3-4-6-11-8/h2,8H,1,3-6H2/p+1. The topological polar surface area (TPSA) is 26.3 Å². The molecular formula is C8H13O2S+. The van der Waals surface area contributed by atoms with Crippen LogP contribution in [0.25, 0.3) is 0 Å². The molecule has 1 saturated heterocycles. The van der Waals surface area contributed by atoms with E-state index >= 15 is 0 Å².